The van der Waals surface area contributed by atoms with Crippen molar-refractivity contribution < 1.29 is 28.5 Å². The molecule has 37 heteroatoms. The number of benzene rings is 7. The lowest BCUT2D eigenvalue weighted by atomic mass is 9.98. The zero-order valence-electron chi connectivity index (χ0n) is 86.9. The maximum absolute atomic E-state index is 12.2. The van der Waals surface area contributed by atoms with Gasteiger partial charge in [-0.2, -0.15) is 20.4 Å². The number of nitrogens with zero attached hydrogens (tertiary/aromatic N) is 25. The van der Waals surface area contributed by atoms with Crippen LogP contribution >= 0.6 is 12.4 Å². The van der Waals surface area contributed by atoms with Gasteiger partial charge in [0.25, 0.3) is 0 Å². The number of rotatable bonds is 24. The molecule has 4 aliphatic rings. The Bertz CT molecular complexity index is 7790. The highest BCUT2D eigenvalue weighted by atomic mass is 35.5. The average molecular weight is 2040 g/mol. The second-order valence-electron chi connectivity index (χ2n) is 38.7. The van der Waals surface area contributed by atoms with Crippen LogP contribution < -0.4 is 60.4 Å². The minimum atomic E-state index is -0.00744. The van der Waals surface area contributed by atoms with Crippen molar-refractivity contribution in [1.82, 2.24) is 109 Å². The van der Waals surface area contributed by atoms with E-state index in [1.54, 1.807) is 40.6 Å². The maximum atomic E-state index is 12.2. The van der Waals surface area contributed by atoms with E-state index in [9.17, 15) is 4.79 Å². The van der Waals surface area contributed by atoms with E-state index in [-0.39, 0.29) is 49.8 Å². The van der Waals surface area contributed by atoms with Crippen molar-refractivity contribution in [3.8, 4) is 50.6 Å². The van der Waals surface area contributed by atoms with Gasteiger partial charge >= 0.3 is 0 Å². The molecular weight excluding hydrogens is 1910 g/mol. The predicted octanol–water partition coefficient (Wildman–Crippen LogP) is 21.2. The Morgan fingerprint density at radius 1 is 0.353 bits per heavy atom. The molecule has 774 valence electrons. The third-order valence-electron chi connectivity index (χ3n) is 27.2. The Balaban J connectivity index is 0.000000130. The maximum Gasteiger partial charge on any atom is 0.228 e. The minimum Gasteiger partial charge on any atom is -0.497 e. The summed E-state index contributed by atoms with van der Waals surface area (Å²) in [6.07, 6.45) is 22.4. The second kappa shape index (κ2) is 45.8. The number of methoxy groups -OCH3 is 3. The van der Waals surface area contributed by atoms with Gasteiger partial charge in [-0.15, -0.1) is 12.4 Å². The molecule has 16 heterocycles. The topological polar surface area (TPSA) is 366 Å². The summed E-state index contributed by atoms with van der Waals surface area (Å²) in [5.41, 5.74) is 22.0. The first kappa shape index (κ1) is 104. The molecule has 0 atom stereocenters. The first-order valence-electron chi connectivity index (χ1n) is 50.6. The van der Waals surface area contributed by atoms with Crippen LogP contribution in [0.2, 0.25) is 0 Å². The van der Waals surface area contributed by atoms with Gasteiger partial charge < -0.3 is 74.8 Å². The number of ether oxygens (including phenoxy) is 5. The molecule has 4 fully saturated rings. The third kappa shape index (κ3) is 22.4. The number of carbonyl (C=O) groups excluding carboxylic acids is 1. The fourth-order valence-corrected chi connectivity index (χ4v) is 19.7. The summed E-state index contributed by atoms with van der Waals surface area (Å²) in [4.78, 5) is 80.3. The Morgan fingerprint density at radius 3 is 0.920 bits per heavy atom. The van der Waals surface area contributed by atoms with Crippen molar-refractivity contribution in [2.24, 2.45) is 0 Å². The number of piperazine rings is 2. The first-order valence-corrected chi connectivity index (χ1v) is 50.6. The zero-order valence-corrected chi connectivity index (χ0v) is 87.7. The van der Waals surface area contributed by atoms with E-state index in [0.717, 1.165) is 289 Å². The van der Waals surface area contributed by atoms with Gasteiger partial charge in [-0.3, -0.25) is 23.5 Å². The van der Waals surface area contributed by atoms with Gasteiger partial charge in [-0.05, 0) is 249 Å². The molecule has 4 aliphatic heterocycles. The number of hydrogen-bond acceptors (Lipinski definition) is 32. The summed E-state index contributed by atoms with van der Waals surface area (Å²) in [6.45, 7) is 42.6. The van der Waals surface area contributed by atoms with Gasteiger partial charge in [-0.25, -0.2) is 59.8 Å². The number of aryl methyl sites for hydroxylation is 3. The molecule has 19 aromatic rings. The standard InChI is InChI=1S/C31H36N8O.C29H32N8O.C29H31N7O2.C23H25N7O2.CH4.ClH/c1-6-37-9-11-38(12-10-37)24-7-8-28(32-18-24)35-31-33-17-23-16-26(22-13-21(4)14-25(15-22)40-5)27-19-34-39(20(2)3)30(27)29(23)36-31;1-18(2)37-28-25(17-33-37)24(20-11-19(3)12-23(13-20)38-4)14-21-15-32-29(35-27(21)28)34-26-6-5-22(16-31-26)36-9-7-30-8-10-36;1-18(2)36-28-25(17-32-36)24(20-11-19(3)12-23(13-20)37-4)14-21-15-31-29(34-27(21)28)33-26-6-5-22(16-30-26)35-7-9-38-10-8-35;1-14(2)30-22-19(13-26-30)18(15(3)31)10-16-11-25-23(28-21(16)22)27-20-5-4-17(12-24-20)29-6-8-32-9-7-29;;/h7-8,13-20H,6,9-12H2,1-5H3,(H,32,33,35,36);5-6,11-18,30H,7-10H2,1-4H3,(H,31,32,34,35);5-6,11-18H,7-10H2,1-4H3,(H,30,31,33,34);4-5,10-14H,6-9H2,1-3H3,(H,24,25,27,28);1H4;1H. The molecule has 0 amide bonds. The van der Waals surface area contributed by atoms with E-state index in [1.807, 2.05) is 135 Å². The number of carbonyl (C=O) groups is 1. The number of halogens is 1. The molecular formula is C113H129ClN30O6. The summed E-state index contributed by atoms with van der Waals surface area (Å²) < 4.78 is 35.5. The monoisotopic (exact) mass is 2040 g/mol. The number of anilines is 12. The number of Topliss-reactive ketones (excluding diaryl/α,β-unsaturated/α-hetero) is 1. The first-order chi connectivity index (χ1) is 71.9. The van der Waals surface area contributed by atoms with Crippen LogP contribution in [0.5, 0.6) is 17.2 Å². The molecule has 7 aromatic carbocycles. The normalized spacial score (nSPS) is 14.0. The van der Waals surface area contributed by atoms with Crippen LogP contribution in [0.4, 0.5) is 69.8 Å². The Morgan fingerprint density at radius 2 is 0.640 bits per heavy atom. The van der Waals surface area contributed by atoms with E-state index in [2.05, 4.69) is 252 Å². The van der Waals surface area contributed by atoms with Crippen molar-refractivity contribution in [2.75, 3.05) is 174 Å². The van der Waals surface area contributed by atoms with Crippen LogP contribution in [0.15, 0.2) is 202 Å². The molecule has 0 saturated carbocycles. The highest BCUT2D eigenvalue weighted by Gasteiger charge is 2.27. The molecule has 0 radical (unpaired) electrons. The molecule has 23 rings (SSSR count). The highest BCUT2D eigenvalue weighted by Crippen LogP contribution is 2.43. The number of morpholine rings is 2. The lowest BCUT2D eigenvalue weighted by Crippen LogP contribution is -2.46. The number of aromatic nitrogens is 20. The Labute approximate surface area is 877 Å². The van der Waals surface area contributed by atoms with Crippen LogP contribution in [0.1, 0.15) is 128 Å². The van der Waals surface area contributed by atoms with Crippen LogP contribution in [0.3, 0.4) is 0 Å². The van der Waals surface area contributed by atoms with Gasteiger partial charge in [0.05, 0.1) is 142 Å². The summed E-state index contributed by atoms with van der Waals surface area (Å²) in [6, 6.07) is 43.9. The quantitative estimate of drug-likeness (QED) is 0.0351. The molecule has 5 N–H and O–H groups in total. The van der Waals surface area contributed by atoms with Crippen LogP contribution in [-0.2, 0) is 9.47 Å². The van der Waals surface area contributed by atoms with Crippen molar-refractivity contribution in [1.29, 1.82) is 0 Å². The number of pyridine rings is 4. The third-order valence-corrected chi connectivity index (χ3v) is 27.2. The molecule has 4 saturated heterocycles. The SMILES string of the molecule is C.CC(=O)c1cc2cnc(Nc3ccc(N4CCOCC4)cn3)nc2c2c1cnn2C(C)C.CCN1CCN(c2ccc(Nc3ncc4cc(-c5cc(C)cc(OC)c5)c5cnn(C(C)C)c5c4n3)nc2)CC1.COc1cc(C)cc(-c2cc3cnc(Nc4ccc(N5CCNCC5)cn4)nc3c3c2cnn3C(C)C)c1.COc1cc(C)cc(-c2cc3cnc(Nc4ccc(N5CCOCC5)cn4)nc3c3c2cnn3C(C)C)c1.Cl. The van der Waals surface area contributed by atoms with E-state index in [1.165, 1.54) is 0 Å². The number of nitrogens with one attached hydrogen (secondary N) is 5. The smallest absolute Gasteiger partial charge is 0.228 e. The van der Waals surface area contributed by atoms with Gasteiger partial charge in [0.15, 0.2) is 5.78 Å². The summed E-state index contributed by atoms with van der Waals surface area (Å²) in [5, 5.41) is 42.8. The number of ketones is 1. The Hall–Kier alpha value is -16.0. The summed E-state index contributed by atoms with van der Waals surface area (Å²) >= 11 is 0. The fraction of sp³-hybridized carbons (Fsp3) is 0.336. The molecule has 0 bridgehead atoms. The molecule has 0 aliphatic carbocycles. The molecule has 150 heavy (non-hydrogen) atoms. The second-order valence-corrected chi connectivity index (χ2v) is 38.7. The Kier molecular flexibility index (Phi) is 31.7. The van der Waals surface area contributed by atoms with Gasteiger partial charge in [0.2, 0.25) is 23.8 Å². The fourth-order valence-electron chi connectivity index (χ4n) is 19.7. The van der Waals surface area contributed by atoms with Gasteiger partial charge in [0.1, 0.15) is 62.6 Å². The van der Waals surface area contributed by atoms with Crippen molar-refractivity contribution >= 4 is 175 Å². The van der Waals surface area contributed by atoms with Crippen LogP contribution in [0.25, 0.3) is 121 Å². The molecule has 36 nitrogen and oxygen atoms in total. The number of fused-ring (bicyclic) bond motifs is 12. The van der Waals surface area contributed by atoms with Crippen LogP contribution in [-0.4, -0.2) is 242 Å². The zero-order chi connectivity index (χ0) is 102. The average Bonchev–Trinajstić information content (AvgIpc) is 1.57. The van der Waals surface area contributed by atoms with E-state index >= 15 is 0 Å². The molecule has 0 unspecified atom stereocenters. The molecule has 12 aromatic heterocycles. The largest absolute Gasteiger partial charge is 0.497 e. The van der Waals surface area contributed by atoms with E-state index in [0.29, 0.717) is 52.6 Å². The minimum absolute atomic E-state index is 0. The summed E-state index contributed by atoms with van der Waals surface area (Å²) in [7, 11) is 5.09. The van der Waals surface area contributed by atoms with Crippen LogP contribution in [0, 0.1) is 20.8 Å². The lowest BCUT2D eigenvalue weighted by Gasteiger charge is -2.35. The highest BCUT2D eigenvalue weighted by molar-refractivity contribution is 6.16. The number of likely N-dealkylation sites (N-methyl/N-ethyl adjacent to an activating group) is 1. The van der Waals surface area contributed by atoms with Gasteiger partial charge in [0, 0.05) is 176 Å². The molecule has 0 spiro atoms. The lowest BCUT2D eigenvalue weighted by molar-refractivity contribution is 0.101. The number of hydrogen-bond donors (Lipinski definition) is 5. The van der Waals surface area contributed by atoms with Crippen molar-refractivity contribution in [3.05, 3.63) is 224 Å². The van der Waals surface area contributed by atoms with Gasteiger partial charge in [-0.1, -0.05) is 32.5 Å². The predicted molar refractivity (Wildman–Crippen MR) is 603 cm³/mol. The van der Waals surface area contributed by atoms with Crippen molar-refractivity contribution in [2.45, 2.75) is 122 Å². The summed E-state index contributed by atoms with van der Waals surface area (Å²) in [5.74, 6) is 7.20. The van der Waals surface area contributed by atoms with E-state index in [4.69, 9.17) is 58.9 Å². The van der Waals surface area contributed by atoms with Crippen molar-refractivity contribution in [3.63, 3.8) is 0 Å². The van der Waals surface area contributed by atoms with E-state index < -0.39 is 0 Å².